The molecular weight excluding hydrogens is 422 g/mol. The molecule has 1 atom stereocenters. The molecular formula is C24H31N5O2S. The number of hydrogen-bond donors (Lipinski definition) is 2. The van der Waals surface area contributed by atoms with E-state index >= 15 is 0 Å². The van der Waals surface area contributed by atoms with Gasteiger partial charge in [0.25, 0.3) is 0 Å². The summed E-state index contributed by atoms with van der Waals surface area (Å²) in [7, 11) is 0. The predicted molar refractivity (Wildman–Crippen MR) is 129 cm³/mol. The van der Waals surface area contributed by atoms with Crippen LogP contribution in [-0.4, -0.2) is 64.4 Å². The summed E-state index contributed by atoms with van der Waals surface area (Å²) in [5, 5.41) is 9.96. The van der Waals surface area contributed by atoms with E-state index in [-0.39, 0.29) is 11.3 Å². The summed E-state index contributed by atoms with van der Waals surface area (Å²) in [6.07, 6.45) is 2.34. The topological polar surface area (TPSA) is 87.7 Å². The Morgan fingerprint density at radius 1 is 1.19 bits per heavy atom. The maximum Gasteiger partial charge on any atom is 0.162 e. The predicted octanol–water partition coefficient (Wildman–Crippen LogP) is 3.60. The molecule has 7 nitrogen and oxygen atoms in total. The van der Waals surface area contributed by atoms with Crippen LogP contribution in [0.3, 0.4) is 0 Å². The first-order chi connectivity index (χ1) is 15.4. The Bertz CT molecular complexity index is 1100. The molecule has 3 aromatic rings. The van der Waals surface area contributed by atoms with Gasteiger partial charge in [-0.1, -0.05) is 12.1 Å². The van der Waals surface area contributed by atoms with E-state index < -0.39 is 0 Å². The van der Waals surface area contributed by atoms with Gasteiger partial charge in [0, 0.05) is 41.7 Å². The van der Waals surface area contributed by atoms with Crippen LogP contribution in [0.25, 0.3) is 21.6 Å². The molecule has 32 heavy (non-hydrogen) atoms. The van der Waals surface area contributed by atoms with Crippen LogP contribution in [-0.2, 0) is 11.3 Å². The number of fused-ring (bicyclic) bond motifs is 1. The van der Waals surface area contributed by atoms with Gasteiger partial charge in [0.1, 0.15) is 5.75 Å². The number of thiophene rings is 1. The van der Waals surface area contributed by atoms with Gasteiger partial charge in [-0.25, -0.2) is 9.97 Å². The van der Waals surface area contributed by atoms with Gasteiger partial charge >= 0.3 is 0 Å². The number of nitrogens with two attached hydrogens (primary N) is 1. The number of aromatic nitrogens is 2. The summed E-state index contributed by atoms with van der Waals surface area (Å²) in [6.45, 7) is 9.25. The van der Waals surface area contributed by atoms with Gasteiger partial charge in [-0.3, -0.25) is 4.90 Å². The molecule has 4 heterocycles. The molecule has 0 bridgehead atoms. The monoisotopic (exact) mass is 453 g/mol. The Labute approximate surface area is 192 Å². The van der Waals surface area contributed by atoms with Gasteiger partial charge in [0.2, 0.25) is 0 Å². The number of hydrogen-bond acceptors (Lipinski definition) is 8. The van der Waals surface area contributed by atoms with Crippen LogP contribution in [0.15, 0.2) is 30.3 Å². The number of phenolic OH excluding ortho intramolecular Hbond substituents is 1. The third kappa shape index (κ3) is 4.32. The molecule has 0 saturated carbocycles. The third-order valence-corrected chi connectivity index (χ3v) is 7.51. The van der Waals surface area contributed by atoms with E-state index in [0.717, 1.165) is 54.2 Å². The molecule has 2 aliphatic heterocycles. The molecule has 5 rings (SSSR count). The van der Waals surface area contributed by atoms with Gasteiger partial charge in [0.05, 0.1) is 23.4 Å². The minimum absolute atomic E-state index is 0.214. The number of likely N-dealkylation sites (tertiary alicyclic amines) is 1. The van der Waals surface area contributed by atoms with Crippen molar-refractivity contribution in [2.24, 2.45) is 5.73 Å². The van der Waals surface area contributed by atoms with E-state index in [0.29, 0.717) is 25.1 Å². The van der Waals surface area contributed by atoms with Gasteiger partial charge in [0.15, 0.2) is 11.6 Å². The number of rotatable bonds is 5. The highest BCUT2D eigenvalue weighted by atomic mass is 32.1. The number of benzene rings is 1. The second-order valence-electron chi connectivity index (χ2n) is 9.40. The minimum Gasteiger partial charge on any atom is -0.508 e. The molecule has 2 saturated heterocycles. The number of anilines is 1. The van der Waals surface area contributed by atoms with Gasteiger partial charge in [-0.15, -0.1) is 11.3 Å². The molecule has 0 amide bonds. The number of morpholine rings is 1. The first kappa shape index (κ1) is 21.6. The lowest BCUT2D eigenvalue weighted by Gasteiger charge is -2.34. The van der Waals surface area contributed by atoms with Crippen molar-refractivity contribution < 1.29 is 9.84 Å². The van der Waals surface area contributed by atoms with Crippen LogP contribution in [0.2, 0.25) is 0 Å². The fourth-order valence-electron chi connectivity index (χ4n) is 4.86. The lowest BCUT2D eigenvalue weighted by Crippen LogP contribution is -2.51. The van der Waals surface area contributed by atoms with E-state index in [1.807, 2.05) is 12.1 Å². The number of phenols is 1. The Morgan fingerprint density at radius 3 is 2.75 bits per heavy atom. The maximum absolute atomic E-state index is 9.96. The average molecular weight is 454 g/mol. The van der Waals surface area contributed by atoms with Gasteiger partial charge in [-0.05, 0) is 51.4 Å². The van der Waals surface area contributed by atoms with E-state index in [4.69, 9.17) is 20.4 Å². The summed E-state index contributed by atoms with van der Waals surface area (Å²) in [6, 6.07) is 9.75. The third-order valence-electron chi connectivity index (χ3n) is 6.40. The minimum atomic E-state index is -0.214. The quantitative estimate of drug-likeness (QED) is 0.610. The normalized spacial score (nSPS) is 20.3. The molecule has 1 unspecified atom stereocenters. The highest BCUT2D eigenvalue weighted by Gasteiger charge is 2.34. The molecule has 2 aliphatic rings. The Morgan fingerprint density at radius 2 is 2.00 bits per heavy atom. The molecule has 0 radical (unpaired) electrons. The molecule has 2 fully saturated rings. The molecule has 0 aliphatic carbocycles. The van der Waals surface area contributed by atoms with Crippen LogP contribution >= 0.6 is 11.3 Å². The molecule has 8 heteroatoms. The molecule has 1 aromatic carbocycles. The zero-order chi connectivity index (χ0) is 22.3. The highest BCUT2D eigenvalue weighted by molar-refractivity contribution is 7.19. The van der Waals surface area contributed by atoms with E-state index in [1.165, 1.54) is 11.3 Å². The zero-order valence-electron chi connectivity index (χ0n) is 18.8. The van der Waals surface area contributed by atoms with Crippen molar-refractivity contribution in [3.8, 4) is 17.1 Å². The van der Waals surface area contributed by atoms with Crippen LogP contribution in [0.5, 0.6) is 5.75 Å². The second kappa shape index (κ2) is 8.59. The lowest BCUT2D eigenvalue weighted by molar-refractivity contribution is 0.122. The summed E-state index contributed by atoms with van der Waals surface area (Å²) in [5.74, 6) is 1.82. The Hall–Kier alpha value is -2.26. The Balaban J connectivity index is 1.54. The molecule has 170 valence electrons. The summed E-state index contributed by atoms with van der Waals surface area (Å²) >= 11 is 1.78. The van der Waals surface area contributed by atoms with Gasteiger partial charge in [-0.2, -0.15) is 0 Å². The van der Waals surface area contributed by atoms with Crippen LogP contribution in [0.4, 0.5) is 5.82 Å². The van der Waals surface area contributed by atoms with Gasteiger partial charge < -0.3 is 20.5 Å². The van der Waals surface area contributed by atoms with Crippen molar-refractivity contribution in [3.63, 3.8) is 0 Å². The van der Waals surface area contributed by atoms with E-state index in [1.54, 1.807) is 23.5 Å². The summed E-state index contributed by atoms with van der Waals surface area (Å²) < 4.78 is 6.69. The fraction of sp³-hybridized carbons (Fsp3) is 0.500. The molecule has 0 spiro atoms. The highest BCUT2D eigenvalue weighted by Crippen LogP contribution is 2.36. The van der Waals surface area contributed by atoms with Crippen molar-refractivity contribution in [3.05, 3.63) is 35.2 Å². The van der Waals surface area contributed by atoms with Crippen molar-refractivity contribution in [2.75, 3.05) is 37.7 Å². The van der Waals surface area contributed by atoms with Crippen LogP contribution in [0, 0.1) is 0 Å². The number of aromatic hydroxyl groups is 1. The van der Waals surface area contributed by atoms with Crippen molar-refractivity contribution in [1.29, 1.82) is 0 Å². The smallest absolute Gasteiger partial charge is 0.162 e. The fourth-order valence-corrected chi connectivity index (χ4v) is 6.00. The van der Waals surface area contributed by atoms with Crippen molar-refractivity contribution in [1.82, 2.24) is 14.9 Å². The molecule has 2 aromatic heterocycles. The largest absolute Gasteiger partial charge is 0.508 e. The number of ether oxygens (including phenoxy) is 1. The number of nitrogens with zero attached hydrogens (tertiary/aromatic N) is 4. The lowest BCUT2D eigenvalue weighted by atomic mass is 9.94. The summed E-state index contributed by atoms with van der Waals surface area (Å²) in [5.41, 5.74) is 8.04. The standard InChI is InChI=1S/C24H31N5O2S/c1-24(2,25)20-7-4-8-29(20)15-18-14-19-21(32-18)23(28-9-11-31-12-10-28)27-22(26-19)16-5-3-6-17(30)13-16/h3,5-6,13-14,20,30H,4,7-12,15,25H2,1-2H3. The molecule has 3 N–H and O–H groups in total. The van der Waals surface area contributed by atoms with Crippen molar-refractivity contribution in [2.45, 2.75) is 44.8 Å². The first-order valence-electron chi connectivity index (χ1n) is 11.3. The van der Waals surface area contributed by atoms with Crippen molar-refractivity contribution >= 4 is 27.4 Å². The summed E-state index contributed by atoms with van der Waals surface area (Å²) in [4.78, 5) is 15.9. The average Bonchev–Trinajstić information content (AvgIpc) is 3.40. The second-order valence-corrected chi connectivity index (χ2v) is 10.5. The zero-order valence-corrected chi connectivity index (χ0v) is 19.6. The van der Waals surface area contributed by atoms with E-state index in [9.17, 15) is 5.11 Å². The van der Waals surface area contributed by atoms with E-state index in [2.05, 4.69) is 29.7 Å². The first-order valence-corrected chi connectivity index (χ1v) is 12.2. The Kier molecular flexibility index (Phi) is 5.79. The van der Waals surface area contributed by atoms with Crippen LogP contribution in [0.1, 0.15) is 31.6 Å². The maximum atomic E-state index is 9.96. The van der Waals surface area contributed by atoms with Crippen LogP contribution < -0.4 is 10.6 Å². The SMILES string of the molecule is CC(C)(N)C1CCCN1Cc1cc2nc(-c3cccc(O)c3)nc(N3CCOCC3)c2s1.